The largest absolute Gasteiger partial charge is 0.445 e. The van der Waals surface area contributed by atoms with Crippen LogP contribution in [0.1, 0.15) is 30.0 Å². The zero-order valence-corrected chi connectivity index (χ0v) is 14.2. The maximum atomic E-state index is 12.5. The number of carbonyl (C=O) groups is 1. The molecule has 0 radical (unpaired) electrons. The number of carbonyl (C=O) groups excluding carboxylic acids is 1. The van der Waals surface area contributed by atoms with Gasteiger partial charge in [-0.15, -0.1) is 0 Å². The average molecular weight is 325 g/mol. The highest BCUT2D eigenvalue weighted by atomic mass is 16.6. The van der Waals surface area contributed by atoms with Crippen LogP contribution in [0.5, 0.6) is 0 Å². The maximum absolute atomic E-state index is 12.5. The summed E-state index contributed by atoms with van der Waals surface area (Å²) in [5.41, 5.74) is 2.06. The minimum absolute atomic E-state index is 0.0528. The molecule has 1 fully saturated rings. The molecule has 1 saturated heterocycles. The second-order valence-corrected chi connectivity index (χ2v) is 6.24. The van der Waals surface area contributed by atoms with Gasteiger partial charge in [-0.1, -0.05) is 36.4 Å². The number of ether oxygens (including phenoxy) is 1. The van der Waals surface area contributed by atoms with Gasteiger partial charge in [-0.05, 0) is 30.0 Å². The molecule has 1 aromatic carbocycles. The van der Waals surface area contributed by atoms with Crippen molar-refractivity contribution >= 4 is 11.9 Å². The first-order chi connectivity index (χ1) is 11.6. The molecule has 0 unspecified atom stereocenters. The van der Waals surface area contributed by atoms with E-state index in [9.17, 15) is 4.79 Å². The molecule has 0 saturated carbocycles. The third kappa shape index (κ3) is 3.67. The van der Waals surface area contributed by atoms with Gasteiger partial charge in [0.1, 0.15) is 12.4 Å². The Bertz CT molecular complexity index is 671. The number of rotatable bonds is 4. The van der Waals surface area contributed by atoms with Crippen molar-refractivity contribution in [3.05, 3.63) is 59.8 Å². The van der Waals surface area contributed by atoms with E-state index in [2.05, 4.69) is 11.1 Å². The van der Waals surface area contributed by atoms with Crippen molar-refractivity contribution in [1.82, 2.24) is 9.88 Å². The first-order valence-corrected chi connectivity index (χ1v) is 8.26. The van der Waals surface area contributed by atoms with Crippen LogP contribution in [-0.4, -0.2) is 36.6 Å². The zero-order valence-electron chi connectivity index (χ0n) is 14.2. The molecule has 126 valence electrons. The molecule has 0 N–H and O–H groups in total. The SMILES string of the molecule is CN(C)c1ccc([C@H]2CCCN2C(=O)OCc2ccccc2)cn1. The van der Waals surface area contributed by atoms with Gasteiger partial charge in [0, 0.05) is 26.8 Å². The van der Waals surface area contributed by atoms with Gasteiger partial charge in [-0.3, -0.25) is 0 Å². The fraction of sp³-hybridized carbons (Fsp3) is 0.368. The maximum Gasteiger partial charge on any atom is 0.410 e. The molecule has 2 aromatic rings. The number of pyridine rings is 1. The molecular weight excluding hydrogens is 302 g/mol. The van der Waals surface area contributed by atoms with Crippen LogP contribution in [0, 0.1) is 0 Å². The minimum atomic E-state index is -0.252. The molecule has 3 rings (SSSR count). The summed E-state index contributed by atoms with van der Waals surface area (Å²) in [5, 5.41) is 0. The Morgan fingerprint density at radius 3 is 2.71 bits per heavy atom. The van der Waals surface area contributed by atoms with Crippen molar-refractivity contribution in [2.45, 2.75) is 25.5 Å². The summed E-state index contributed by atoms with van der Waals surface area (Å²) in [4.78, 5) is 20.7. The summed E-state index contributed by atoms with van der Waals surface area (Å²) < 4.78 is 5.48. The number of nitrogens with zero attached hydrogens (tertiary/aromatic N) is 3. The Morgan fingerprint density at radius 2 is 2.04 bits per heavy atom. The highest BCUT2D eigenvalue weighted by Gasteiger charge is 2.31. The number of likely N-dealkylation sites (tertiary alicyclic amines) is 1. The first kappa shape index (κ1) is 16.3. The molecule has 0 aliphatic carbocycles. The average Bonchev–Trinajstić information content (AvgIpc) is 3.10. The molecule has 1 atom stereocenters. The summed E-state index contributed by atoms with van der Waals surface area (Å²) in [6, 6.07) is 13.8. The number of hydrogen-bond acceptors (Lipinski definition) is 4. The van der Waals surface area contributed by atoms with Gasteiger partial charge in [0.25, 0.3) is 0 Å². The van der Waals surface area contributed by atoms with Gasteiger partial charge < -0.3 is 14.5 Å². The second kappa shape index (κ2) is 7.34. The third-order valence-electron chi connectivity index (χ3n) is 4.31. The van der Waals surface area contributed by atoms with E-state index in [1.54, 1.807) is 0 Å². The molecule has 5 nitrogen and oxygen atoms in total. The summed E-state index contributed by atoms with van der Waals surface area (Å²) >= 11 is 0. The Hall–Kier alpha value is -2.56. The zero-order chi connectivity index (χ0) is 16.9. The number of hydrogen-bond donors (Lipinski definition) is 0. The molecule has 0 spiro atoms. The van der Waals surface area contributed by atoms with Crippen molar-refractivity contribution in [3.63, 3.8) is 0 Å². The molecule has 1 amide bonds. The van der Waals surface area contributed by atoms with Crippen molar-refractivity contribution in [2.75, 3.05) is 25.5 Å². The van der Waals surface area contributed by atoms with E-state index < -0.39 is 0 Å². The second-order valence-electron chi connectivity index (χ2n) is 6.24. The van der Waals surface area contributed by atoms with E-state index in [1.807, 2.05) is 66.5 Å². The molecule has 1 aliphatic rings. The van der Waals surface area contributed by atoms with E-state index in [0.717, 1.165) is 36.3 Å². The van der Waals surface area contributed by atoms with Crippen LogP contribution < -0.4 is 4.90 Å². The van der Waals surface area contributed by atoms with Crippen molar-refractivity contribution < 1.29 is 9.53 Å². The fourth-order valence-corrected chi connectivity index (χ4v) is 2.99. The van der Waals surface area contributed by atoms with Crippen LogP contribution >= 0.6 is 0 Å². The monoisotopic (exact) mass is 325 g/mol. The number of benzene rings is 1. The van der Waals surface area contributed by atoms with Crippen LogP contribution in [0.3, 0.4) is 0 Å². The van der Waals surface area contributed by atoms with Gasteiger partial charge in [-0.25, -0.2) is 9.78 Å². The molecule has 24 heavy (non-hydrogen) atoms. The highest BCUT2D eigenvalue weighted by molar-refractivity contribution is 5.68. The molecule has 0 bridgehead atoms. The van der Waals surface area contributed by atoms with E-state index in [1.165, 1.54) is 0 Å². The third-order valence-corrected chi connectivity index (χ3v) is 4.31. The van der Waals surface area contributed by atoms with Gasteiger partial charge in [0.05, 0.1) is 6.04 Å². The molecule has 1 aromatic heterocycles. The number of amides is 1. The van der Waals surface area contributed by atoms with Crippen LogP contribution in [0.25, 0.3) is 0 Å². The van der Waals surface area contributed by atoms with E-state index >= 15 is 0 Å². The molecule has 2 heterocycles. The summed E-state index contributed by atoms with van der Waals surface area (Å²) in [6.45, 7) is 1.04. The normalized spacial score (nSPS) is 16.9. The Balaban J connectivity index is 1.65. The van der Waals surface area contributed by atoms with Gasteiger partial charge >= 0.3 is 6.09 Å². The molecule has 1 aliphatic heterocycles. The van der Waals surface area contributed by atoms with Crippen molar-refractivity contribution in [3.8, 4) is 0 Å². The summed E-state index contributed by atoms with van der Waals surface area (Å²) in [6.07, 6.45) is 3.55. The topological polar surface area (TPSA) is 45.7 Å². The lowest BCUT2D eigenvalue weighted by Gasteiger charge is -2.24. The Morgan fingerprint density at radius 1 is 1.25 bits per heavy atom. The van der Waals surface area contributed by atoms with Crippen LogP contribution in [0.2, 0.25) is 0 Å². The van der Waals surface area contributed by atoms with Crippen molar-refractivity contribution in [2.24, 2.45) is 0 Å². The number of aromatic nitrogens is 1. The predicted molar refractivity (Wildman–Crippen MR) is 93.9 cm³/mol. The summed E-state index contributed by atoms with van der Waals surface area (Å²) in [7, 11) is 3.93. The van der Waals surface area contributed by atoms with Crippen molar-refractivity contribution in [1.29, 1.82) is 0 Å². The minimum Gasteiger partial charge on any atom is -0.445 e. The van der Waals surface area contributed by atoms with Gasteiger partial charge in [-0.2, -0.15) is 0 Å². The van der Waals surface area contributed by atoms with E-state index in [-0.39, 0.29) is 12.1 Å². The van der Waals surface area contributed by atoms with Gasteiger partial charge in [0.15, 0.2) is 0 Å². The Labute approximate surface area is 142 Å². The summed E-state index contributed by atoms with van der Waals surface area (Å²) in [5.74, 6) is 0.912. The predicted octanol–water partition coefficient (Wildman–Crippen LogP) is 3.62. The van der Waals surface area contributed by atoms with Crippen LogP contribution in [0.4, 0.5) is 10.6 Å². The van der Waals surface area contributed by atoms with Gasteiger partial charge in [0.2, 0.25) is 0 Å². The quantitative estimate of drug-likeness (QED) is 0.861. The lowest BCUT2D eigenvalue weighted by Crippen LogP contribution is -2.31. The number of anilines is 1. The van der Waals surface area contributed by atoms with Crippen LogP contribution in [-0.2, 0) is 11.3 Å². The lowest BCUT2D eigenvalue weighted by atomic mass is 10.1. The standard InChI is InChI=1S/C19H23N3O2/c1-21(2)18-11-10-16(13-20-18)17-9-6-12-22(17)19(23)24-14-15-7-4-3-5-8-15/h3-5,7-8,10-11,13,17H,6,9,12,14H2,1-2H3/t17-/m1/s1. The van der Waals surface area contributed by atoms with Crippen LogP contribution in [0.15, 0.2) is 48.7 Å². The molecular formula is C19H23N3O2. The van der Waals surface area contributed by atoms with E-state index in [4.69, 9.17) is 4.74 Å². The smallest absolute Gasteiger partial charge is 0.410 e. The Kier molecular flexibility index (Phi) is 4.99. The lowest BCUT2D eigenvalue weighted by molar-refractivity contribution is 0.0920. The first-order valence-electron chi connectivity index (χ1n) is 8.26. The van der Waals surface area contributed by atoms with E-state index in [0.29, 0.717) is 6.61 Å². The highest BCUT2D eigenvalue weighted by Crippen LogP contribution is 2.32. The fourth-order valence-electron chi connectivity index (χ4n) is 2.99. The molecule has 5 heteroatoms.